The molecule has 2 unspecified atom stereocenters. The van der Waals surface area contributed by atoms with E-state index in [1.165, 1.54) is 42.1 Å². The molecule has 2 aliphatic rings. The van der Waals surface area contributed by atoms with Crippen molar-refractivity contribution in [2.45, 2.75) is 50.7 Å². The van der Waals surface area contributed by atoms with E-state index in [1.807, 2.05) is 3.88 Å². The van der Waals surface area contributed by atoms with E-state index >= 15 is 0 Å². The number of aryl methyl sites for hydroxylation is 1. The van der Waals surface area contributed by atoms with Gasteiger partial charge >= 0.3 is 181 Å². The van der Waals surface area contributed by atoms with E-state index in [0.29, 0.717) is 4.22 Å². The molecule has 0 bridgehead atoms. The molecule has 0 fully saturated rings. The van der Waals surface area contributed by atoms with E-state index < -0.39 is 0 Å². The number of allylic oxidation sites excluding steroid dienone is 5. The minimum atomic E-state index is -0.206. The number of rotatable bonds is 7. The van der Waals surface area contributed by atoms with Crippen LogP contribution in [-0.2, 0) is 19.2 Å². The van der Waals surface area contributed by atoms with E-state index in [-0.39, 0.29) is 19.2 Å². The molecule has 0 N–H and O–H groups in total. The van der Waals surface area contributed by atoms with Crippen LogP contribution in [-0.4, -0.2) is 0 Å². The van der Waals surface area contributed by atoms with Crippen LogP contribution in [0.25, 0.3) is 6.08 Å². The van der Waals surface area contributed by atoms with Crippen LogP contribution in [0.5, 0.6) is 0 Å². The third kappa shape index (κ3) is 4.21. The van der Waals surface area contributed by atoms with Crippen molar-refractivity contribution in [3.05, 3.63) is 91.6 Å². The third-order valence-electron chi connectivity index (χ3n) is 5.90. The summed E-state index contributed by atoms with van der Waals surface area (Å²) in [5, 5.41) is 3.18. The van der Waals surface area contributed by atoms with Crippen LogP contribution in [0.3, 0.4) is 0 Å². The Hall–Kier alpha value is -1.20. The fourth-order valence-corrected chi connectivity index (χ4v) is 8.84. The summed E-state index contributed by atoms with van der Waals surface area (Å²) < 4.78 is 2.48. The molecule has 0 aliphatic heterocycles. The molecule has 142 valence electrons. The first kappa shape index (κ1) is 20.1. The number of hydrogen-bond acceptors (Lipinski definition) is 0. The molecule has 0 spiro atoms. The van der Waals surface area contributed by atoms with Gasteiger partial charge in [0.05, 0.1) is 0 Å². The summed E-state index contributed by atoms with van der Waals surface area (Å²) in [6, 6.07) is 18.1. The second-order valence-electron chi connectivity index (χ2n) is 7.90. The molecule has 4 rings (SSSR count). The molecular weight excluding hydrogens is 391 g/mol. The maximum absolute atomic E-state index is 2.51. The second-order valence-corrected chi connectivity index (χ2v) is 11.6. The predicted octanol–water partition coefficient (Wildman–Crippen LogP) is 7.27. The van der Waals surface area contributed by atoms with Gasteiger partial charge in [-0.05, 0) is 0 Å². The van der Waals surface area contributed by atoms with Gasteiger partial charge in [0.1, 0.15) is 0 Å². The summed E-state index contributed by atoms with van der Waals surface area (Å²) in [7, 11) is 0.796. The van der Waals surface area contributed by atoms with Crippen molar-refractivity contribution < 1.29 is 19.2 Å². The number of fused-ring (bicyclic) bond motifs is 1. The van der Waals surface area contributed by atoms with Crippen LogP contribution in [0.1, 0.15) is 60.4 Å². The van der Waals surface area contributed by atoms with Crippen molar-refractivity contribution in [2.75, 3.05) is 0 Å². The zero-order valence-corrected chi connectivity index (χ0v) is 19.7. The van der Waals surface area contributed by atoms with Crippen molar-refractivity contribution in [3.8, 4) is 0 Å². The molecule has 0 amide bonds. The van der Waals surface area contributed by atoms with Gasteiger partial charge in [-0.1, -0.05) is 0 Å². The standard InChI is InChI=1S/C16H14P.C10H15.Ti/c1-12-6-2-5-9-16(12)17-15-10-13-7-3-4-8-14(13)11-15;1-3-4-7-10-8-5-6-9(10)2;/h2-11,17H,1H3;6H,3-5,7H2,1-2H3;. The molecule has 28 heavy (non-hydrogen) atoms. The maximum atomic E-state index is 2.51. The number of benzene rings is 2. The first-order chi connectivity index (χ1) is 13.7. The Morgan fingerprint density at radius 2 is 1.82 bits per heavy atom. The van der Waals surface area contributed by atoms with E-state index in [2.05, 4.69) is 81.5 Å². The number of hydrogen-bond donors (Lipinski definition) is 0. The second kappa shape index (κ2) is 9.08. The Bertz CT molecular complexity index is 964. The zero-order chi connectivity index (χ0) is 19.5. The van der Waals surface area contributed by atoms with E-state index in [0.717, 1.165) is 8.58 Å². The van der Waals surface area contributed by atoms with Crippen LogP contribution in [0.15, 0.2) is 74.9 Å². The van der Waals surface area contributed by atoms with E-state index in [1.54, 1.807) is 22.0 Å². The van der Waals surface area contributed by atoms with Gasteiger partial charge in [0.25, 0.3) is 0 Å². The van der Waals surface area contributed by atoms with Crippen LogP contribution in [0, 0.1) is 6.92 Å². The van der Waals surface area contributed by atoms with Gasteiger partial charge in [-0.25, -0.2) is 0 Å². The molecule has 2 aromatic carbocycles. The normalized spacial score (nSPS) is 18.6. The molecule has 2 aromatic rings. The summed E-state index contributed by atoms with van der Waals surface area (Å²) in [5.74, 6) is 0. The van der Waals surface area contributed by atoms with Gasteiger partial charge in [-0.15, -0.1) is 0 Å². The Balaban J connectivity index is 1.64. The molecule has 2 atom stereocenters. The van der Waals surface area contributed by atoms with Gasteiger partial charge in [0, 0.05) is 0 Å². The van der Waals surface area contributed by atoms with Crippen LogP contribution >= 0.6 is 8.58 Å². The summed E-state index contributed by atoms with van der Waals surface area (Å²) in [6.07, 6.45) is 10.1. The molecule has 2 heteroatoms. The Morgan fingerprint density at radius 1 is 1.04 bits per heavy atom. The van der Waals surface area contributed by atoms with Crippen molar-refractivity contribution in [1.29, 1.82) is 0 Å². The number of unbranched alkanes of at least 4 members (excludes halogenated alkanes) is 1. The molecular formula is C26H29PTi. The van der Waals surface area contributed by atoms with Crippen LogP contribution < -0.4 is 5.30 Å². The minimum absolute atomic E-state index is 0.206. The Labute approximate surface area is 180 Å². The van der Waals surface area contributed by atoms with Gasteiger partial charge in [0.2, 0.25) is 0 Å². The molecule has 0 heterocycles. The Kier molecular flexibility index (Phi) is 6.52. The quantitative estimate of drug-likeness (QED) is 0.326. The first-order valence-electron chi connectivity index (χ1n) is 10.5. The van der Waals surface area contributed by atoms with Gasteiger partial charge in [0.15, 0.2) is 0 Å². The average molecular weight is 420 g/mol. The third-order valence-corrected chi connectivity index (χ3v) is 10.7. The van der Waals surface area contributed by atoms with Crippen molar-refractivity contribution >= 4 is 20.0 Å². The molecule has 0 aromatic heterocycles. The summed E-state index contributed by atoms with van der Waals surface area (Å²) in [4.78, 5) is 0. The fraction of sp³-hybridized carbons (Fsp3) is 0.308. The van der Waals surface area contributed by atoms with E-state index in [9.17, 15) is 0 Å². The molecule has 0 nitrogen and oxygen atoms in total. The molecule has 0 radical (unpaired) electrons. The van der Waals surface area contributed by atoms with Crippen LogP contribution in [0.2, 0.25) is 0 Å². The zero-order valence-electron chi connectivity index (χ0n) is 17.2. The molecule has 0 saturated heterocycles. The Morgan fingerprint density at radius 3 is 2.64 bits per heavy atom. The van der Waals surface area contributed by atoms with Gasteiger partial charge < -0.3 is 0 Å². The predicted molar refractivity (Wildman–Crippen MR) is 121 cm³/mol. The van der Waals surface area contributed by atoms with Crippen LogP contribution in [0.4, 0.5) is 0 Å². The molecule has 2 aliphatic carbocycles. The summed E-state index contributed by atoms with van der Waals surface area (Å²) >= 11 is -0.206. The van der Waals surface area contributed by atoms with Crippen molar-refractivity contribution in [3.63, 3.8) is 0 Å². The molecule has 0 saturated carbocycles. The monoisotopic (exact) mass is 420 g/mol. The van der Waals surface area contributed by atoms with Crippen molar-refractivity contribution in [2.24, 2.45) is 0 Å². The fourth-order valence-electron chi connectivity index (χ4n) is 4.22. The van der Waals surface area contributed by atoms with E-state index in [4.69, 9.17) is 0 Å². The average Bonchev–Trinajstić information content (AvgIpc) is 3.23. The SMILES string of the molecule is CCCCC1=[C]([Ti][CH]2C(Pc3ccccc3C)=Cc3ccccc32)CC=C1C. The topological polar surface area (TPSA) is 0 Å². The van der Waals surface area contributed by atoms with Crippen molar-refractivity contribution in [1.82, 2.24) is 0 Å². The summed E-state index contributed by atoms with van der Waals surface area (Å²) in [5.41, 5.74) is 7.75. The van der Waals surface area contributed by atoms with Gasteiger partial charge in [-0.3, -0.25) is 0 Å². The first-order valence-corrected chi connectivity index (χ1v) is 13.1. The van der Waals surface area contributed by atoms with Gasteiger partial charge in [-0.2, -0.15) is 0 Å². The summed E-state index contributed by atoms with van der Waals surface area (Å²) in [6.45, 7) is 6.90.